The molecule has 20 heavy (non-hydrogen) atoms. The van der Waals surface area contributed by atoms with Crippen molar-refractivity contribution in [1.82, 2.24) is 0 Å². The van der Waals surface area contributed by atoms with E-state index in [1.165, 1.54) is 13.0 Å². The summed E-state index contributed by atoms with van der Waals surface area (Å²) >= 11 is 0. The number of anilines is 1. The van der Waals surface area contributed by atoms with Crippen LogP contribution in [0.1, 0.15) is 13.8 Å². The van der Waals surface area contributed by atoms with Gasteiger partial charge in [-0.15, -0.1) is 0 Å². The van der Waals surface area contributed by atoms with Crippen molar-refractivity contribution in [3.63, 3.8) is 0 Å². The minimum Gasteiger partial charge on any atom is -0.449 e. The first-order valence-electron chi connectivity index (χ1n) is 5.64. The monoisotopic (exact) mass is 287 g/mol. The molecule has 0 spiro atoms. The number of rotatable bonds is 4. The molecule has 1 atom stereocenters. The van der Waals surface area contributed by atoms with E-state index in [0.29, 0.717) is 6.07 Å². The highest BCUT2D eigenvalue weighted by Gasteiger charge is 2.20. The smallest absolute Gasteiger partial charge is 0.331 e. The van der Waals surface area contributed by atoms with E-state index < -0.39 is 41.1 Å². The number of amides is 1. The van der Waals surface area contributed by atoms with Gasteiger partial charge in [0.25, 0.3) is 5.91 Å². The lowest BCUT2D eigenvalue weighted by molar-refractivity contribution is -0.148. The van der Waals surface area contributed by atoms with Gasteiger partial charge in [0.15, 0.2) is 23.6 Å². The van der Waals surface area contributed by atoms with Crippen molar-refractivity contribution >= 4 is 17.6 Å². The molecule has 1 amide bonds. The van der Waals surface area contributed by atoms with Crippen molar-refractivity contribution in [2.45, 2.75) is 20.0 Å². The number of carbonyl (C=O) groups is 2. The van der Waals surface area contributed by atoms with Crippen LogP contribution in [0.15, 0.2) is 24.3 Å². The average molecular weight is 287 g/mol. The van der Waals surface area contributed by atoms with Crippen molar-refractivity contribution < 1.29 is 27.5 Å². The van der Waals surface area contributed by atoms with Crippen molar-refractivity contribution in [2.24, 2.45) is 0 Å². The summed E-state index contributed by atoms with van der Waals surface area (Å²) in [7, 11) is 0. The van der Waals surface area contributed by atoms with Gasteiger partial charge in [-0.25, -0.2) is 18.0 Å². The quantitative estimate of drug-likeness (QED) is 0.526. The van der Waals surface area contributed by atoms with Gasteiger partial charge in [0.05, 0.1) is 5.69 Å². The Balaban J connectivity index is 2.76. The SMILES string of the molecule is C/C=C/C(=O)OC(C)C(=O)Nc1ccc(F)c(F)c1F. The lowest BCUT2D eigenvalue weighted by atomic mass is 10.2. The first-order valence-corrected chi connectivity index (χ1v) is 5.64. The number of allylic oxidation sites excluding steroid dienone is 1. The standard InChI is InChI=1S/C13H12F3NO3/c1-3-4-10(18)20-7(2)13(19)17-9-6-5-8(14)11(15)12(9)16/h3-7H,1-2H3,(H,17,19)/b4-3+. The molecular weight excluding hydrogens is 275 g/mol. The van der Waals surface area contributed by atoms with E-state index in [1.54, 1.807) is 6.92 Å². The van der Waals surface area contributed by atoms with Crippen molar-refractivity contribution in [3.8, 4) is 0 Å². The first-order chi connectivity index (χ1) is 9.36. The molecule has 1 aromatic rings. The minimum absolute atomic E-state index is 0.539. The second-order valence-electron chi connectivity index (χ2n) is 3.79. The number of nitrogens with one attached hydrogen (secondary N) is 1. The van der Waals surface area contributed by atoms with Crippen LogP contribution in [-0.4, -0.2) is 18.0 Å². The van der Waals surface area contributed by atoms with E-state index in [9.17, 15) is 22.8 Å². The predicted molar refractivity (Wildman–Crippen MR) is 65.3 cm³/mol. The molecule has 0 fully saturated rings. The van der Waals surface area contributed by atoms with Gasteiger partial charge in [0.2, 0.25) is 0 Å². The fraction of sp³-hybridized carbons (Fsp3) is 0.231. The zero-order valence-corrected chi connectivity index (χ0v) is 10.7. The Hall–Kier alpha value is -2.31. The highest BCUT2D eigenvalue weighted by Crippen LogP contribution is 2.19. The van der Waals surface area contributed by atoms with E-state index in [2.05, 4.69) is 0 Å². The topological polar surface area (TPSA) is 55.4 Å². The highest BCUT2D eigenvalue weighted by atomic mass is 19.2. The minimum atomic E-state index is -1.69. The molecule has 108 valence electrons. The zero-order valence-electron chi connectivity index (χ0n) is 10.7. The van der Waals surface area contributed by atoms with Gasteiger partial charge in [-0.05, 0) is 26.0 Å². The number of ether oxygens (including phenoxy) is 1. The van der Waals surface area contributed by atoms with Gasteiger partial charge in [-0.1, -0.05) is 6.08 Å². The molecule has 0 aliphatic heterocycles. The Morgan fingerprint density at radius 2 is 1.90 bits per heavy atom. The molecule has 0 radical (unpaired) electrons. The van der Waals surface area contributed by atoms with E-state index >= 15 is 0 Å². The molecule has 0 aliphatic rings. The summed E-state index contributed by atoms with van der Waals surface area (Å²) in [5.41, 5.74) is -0.539. The predicted octanol–water partition coefficient (Wildman–Crippen LogP) is 2.55. The van der Waals surface area contributed by atoms with Crippen LogP contribution in [0.25, 0.3) is 0 Å². The lowest BCUT2D eigenvalue weighted by Gasteiger charge is -2.13. The summed E-state index contributed by atoms with van der Waals surface area (Å²) in [5, 5.41) is 2.00. The van der Waals surface area contributed by atoms with Crippen molar-refractivity contribution in [2.75, 3.05) is 5.32 Å². The van der Waals surface area contributed by atoms with Crippen LogP contribution < -0.4 is 5.32 Å². The second kappa shape index (κ2) is 6.74. The molecule has 7 heteroatoms. The average Bonchev–Trinajstić information content (AvgIpc) is 2.39. The molecule has 4 nitrogen and oxygen atoms in total. The molecule has 0 saturated carbocycles. The number of carbonyl (C=O) groups excluding carboxylic acids is 2. The third kappa shape index (κ3) is 3.84. The molecule has 1 aromatic carbocycles. The fourth-order valence-corrected chi connectivity index (χ4v) is 1.26. The number of hydrogen-bond acceptors (Lipinski definition) is 3. The summed E-state index contributed by atoms with van der Waals surface area (Å²) in [6, 6.07) is 1.54. The largest absolute Gasteiger partial charge is 0.449 e. The van der Waals surface area contributed by atoms with Gasteiger partial charge >= 0.3 is 5.97 Å². The summed E-state index contributed by atoms with van der Waals surface area (Å²) in [6.07, 6.45) is 1.30. The fourth-order valence-electron chi connectivity index (χ4n) is 1.26. The van der Waals surface area contributed by atoms with Gasteiger partial charge < -0.3 is 10.1 Å². The first kappa shape index (κ1) is 15.7. The van der Waals surface area contributed by atoms with E-state index in [-0.39, 0.29) is 0 Å². The third-order valence-electron chi connectivity index (χ3n) is 2.26. The zero-order chi connectivity index (χ0) is 15.3. The summed E-state index contributed by atoms with van der Waals surface area (Å²) in [5.74, 6) is -6.20. The highest BCUT2D eigenvalue weighted by molar-refractivity contribution is 5.96. The van der Waals surface area contributed by atoms with Crippen molar-refractivity contribution in [1.29, 1.82) is 0 Å². The van der Waals surface area contributed by atoms with Crippen molar-refractivity contribution in [3.05, 3.63) is 41.7 Å². The maximum atomic E-state index is 13.3. The third-order valence-corrected chi connectivity index (χ3v) is 2.26. The van der Waals surface area contributed by atoms with Gasteiger partial charge in [-0.3, -0.25) is 4.79 Å². The van der Waals surface area contributed by atoms with Crippen LogP contribution in [-0.2, 0) is 14.3 Å². The Bertz CT molecular complexity index is 558. The Kier molecular flexibility index (Phi) is 5.31. The molecule has 0 aromatic heterocycles. The molecule has 1 N–H and O–H groups in total. The summed E-state index contributed by atoms with van der Waals surface area (Å²) in [4.78, 5) is 22.7. The van der Waals surface area contributed by atoms with E-state index in [4.69, 9.17) is 4.74 Å². The van der Waals surface area contributed by atoms with E-state index in [0.717, 1.165) is 12.1 Å². The Morgan fingerprint density at radius 3 is 2.50 bits per heavy atom. The van der Waals surface area contributed by atoms with Crippen LogP contribution in [0, 0.1) is 17.5 Å². The lowest BCUT2D eigenvalue weighted by Crippen LogP contribution is -2.29. The van der Waals surface area contributed by atoms with Crippen LogP contribution in [0.2, 0.25) is 0 Å². The van der Waals surface area contributed by atoms with Gasteiger partial charge in [0.1, 0.15) is 0 Å². The molecule has 0 heterocycles. The normalized spacial score (nSPS) is 12.2. The van der Waals surface area contributed by atoms with Crippen LogP contribution in [0.4, 0.5) is 18.9 Å². The van der Waals surface area contributed by atoms with Crippen LogP contribution in [0.5, 0.6) is 0 Å². The van der Waals surface area contributed by atoms with E-state index in [1.807, 2.05) is 5.32 Å². The maximum absolute atomic E-state index is 13.3. The number of benzene rings is 1. The number of esters is 1. The van der Waals surface area contributed by atoms with Gasteiger partial charge in [0, 0.05) is 6.08 Å². The number of hydrogen-bond donors (Lipinski definition) is 1. The number of halogens is 3. The second-order valence-corrected chi connectivity index (χ2v) is 3.79. The maximum Gasteiger partial charge on any atom is 0.331 e. The molecule has 0 saturated heterocycles. The molecule has 1 rings (SSSR count). The molecule has 0 bridgehead atoms. The van der Waals surface area contributed by atoms with Crippen LogP contribution in [0.3, 0.4) is 0 Å². The van der Waals surface area contributed by atoms with Gasteiger partial charge in [-0.2, -0.15) is 0 Å². The molecule has 0 aliphatic carbocycles. The van der Waals surface area contributed by atoms with Crippen LogP contribution >= 0.6 is 0 Å². The Labute approximate surface area is 113 Å². The summed E-state index contributed by atoms with van der Waals surface area (Å²) in [6.45, 7) is 2.84. The summed E-state index contributed by atoms with van der Waals surface area (Å²) < 4.78 is 43.7. The molecule has 1 unspecified atom stereocenters. The molecular formula is C13H12F3NO3. The Morgan fingerprint density at radius 1 is 1.25 bits per heavy atom.